The first-order valence-corrected chi connectivity index (χ1v) is 18.4. The monoisotopic (exact) mass is 744 g/mol. The van der Waals surface area contributed by atoms with Gasteiger partial charge in [0.05, 0.1) is 24.5 Å². The zero-order valence-electron chi connectivity index (χ0n) is 31.8. The van der Waals surface area contributed by atoms with E-state index in [9.17, 15) is 29.4 Å². The van der Waals surface area contributed by atoms with E-state index in [1.54, 1.807) is 37.9 Å². The van der Waals surface area contributed by atoms with Gasteiger partial charge in [-0.15, -0.1) is 23.2 Å². The molecule has 0 aliphatic rings. The molecule has 49 heavy (non-hydrogen) atoms. The van der Waals surface area contributed by atoms with Crippen LogP contribution < -0.4 is 10.6 Å². The molecule has 0 heterocycles. The molecule has 0 saturated carbocycles. The Labute approximate surface area is 307 Å². The number of nitrogens with one attached hydrogen (secondary N) is 2. The fourth-order valence-corrected chi connectivity index (χ4v) is 5.07. The van der Waals surface area contributed by atoms with Gasteiger partial charge in [-0.1, -0.05) is 12.8 Å². The number of unbranched alkanes of at least 4 members (excludes halogenated alkanes) is 2. The first-order chi connectivity index (χ1) is 23.0. The highest BCUT2D eigenvalue weighted by molar-refractivity contribution is 6.40. The van der Waals surface area contributed by atoms with Crippen LogP contribution in [0.2, 0.25) is 0 Å². The SMILES string of the molecule is CNC(CCCCN(C)CCCC(O)N(C)CC(C)=O)C(=O)O.CNC(CCCCN(C)CCCC(O)N(C)CC(C)=O)C(C)=O.ClCCl. The van der Waals surface area contributed by atoms with Crippen LogP contribution in [0.15, 0.2) is 0 Å². The lowest BCUT2D eigenvalue weighted by Gasteiger charge is -2.23. The molecule has 0 aromatic carbocycles. The molecule has 0 saturated heterocycles. The smallest absolute Gasteiger partial charge is 0.320 e. The molecule has 0 bridgehead atoms. The van der Waals surface area contributed by atoms with E-state index in [1.165, 1.54) is 13.8 Å². The van der Waals surface area contributed by atoms with Gasteiger partial charge in [-0.25, -0.2) is 0 Å². The van der Waals surface area contributed by atoms with Crippen LogP contribution in [0.3, 0.4) is 0 Å². The van der Waals surface area contributed by atoms with E-state index in [1.807, 2.05) is 14.1 Å². The number of likely N-dealkylation sites (N-methyl/N-ethyl adjacent to an activating group) is 4. The Hall–Kier alpha value is -1.26. The third-order valence-corrected chi connectivity index (χ3v) is 8.02. The third kappa shape index (κ3) is 33.6. The Morgan fingerprint density at radius 2 is 0.918 bits per heavy atom. The highest BCUT2D eigenvalue weighted by atomic mass is 35.5. The summed E-state index contributed by atoms with van der Waals surface area (Å²) >= 11 is 9.53. The number of ketones is 3. The van der Waals surface area contributed by atoms with Gasteiger partial charge in [-0.2, -0.15) is 0 Å². The number of carbonyl (C=O) groups excluding carboxylic acids is 3. The molecular weight excluding hydrogens is 675 g/mol. The number of halogens is 2. The number of aliphatic hydroxyl groups excluding tert-OH is 2. The van der Waals surface area contributed by atoms with Crippen LogP contribution in [0.4, 0.5) is 0 Å². The van der Waals surface area contributed by atoms with Crippen LogP contribution in [0, 0.1) is 0 Å². The number of hydrogen-bond donors (Lipinski definition) is 5. The van der Waals surface area contributed by atoms with Crippen molar-refractivity contribution in [3.05, 3.63) is 0 Å². The second-order valence-electron chi connectivity index (χ2n) is 12.8. The first kappa shape index (κ1) is 52.1. The van der Waals surface area contributed by atoms with Crippen LogP contribution in [-0.4, -0.2) is 170 Å². The number of carbonyl (C=O) groups is 4. The van der Waals surface area contributed by atoms with Gasteiger partial charge < -0.3 is 35.8 Å². The average molecular weight is 746 g/mol. The lowest BCUT2D eigenvalue weighted by molar-refractivity contribution is -0.139. The number of carboxylic acids is 1. The highest BCUT2D eigenvalue weighted by Gasteiger charge is 2.16. The largest absolute Gasteiger partial charge is 0.480 e. The van der Waals surface area contributed by atoms with Crippen molar-refractivity contribution < 1.29 is 34.5 Å². The highest BCUT2D eigenvalue weighted by Crippen LogP contribution is 2.07. The summed E-state index contributed by atoms with van der Waals surface area (Å²) in [7, 11) is 11.1. The quantitative estimate of drug-likeness (QED) is 0.0452. The fourth-order valence-electron chi connectivity index (χ4n) is 5.07. The minimum absolute atomic E-state index is 0.0210. The van der Waals surface area contributed by atoms with Gasteiger partial charge in [0.1, 0.15) is 35.8 Å². The van der Waals surface area contributed by atoms with Crippen LogP contribution in [0.5, 0.6) is 0 Å². The lowest BCUT2D eigenvalue weighted by Crippen LogP contribution is -2.35. The normalized spacial score (nSPS) is 13.7. The number of alkyl halides is 2. The second-order valence-corrected chi connectivity index (χ2v) is 13.6. The molecule has 4 atom stereocenters. The summed E-state index contributed by atoms with van der Waals surface area (Å²) in [6.45, 7) is 8.94. The number of carboxylic acid groups (broad SMARTS) is 1. The summed E-state index contributed by atoms with van der Waals surface area (Å²) < 4.78 is 0. The van der Waals surface area contributed by atoms with Crippen molar-refractivity contribution in [2.24, 2.45) is 0 Å². The maximum absolute atomic E-state index is 11.3. The molecule has 15 heteroatoms. The molecule has 5 N–H and O–H groups in total. The fraction of sp³-hybridized carbons (Fsp3) is 0.882. The van der Waals surface area contributed by atoms with Crippen molar-refractivity contribution >= 4 is 46.5 Å². The predicted octanol–water partition coefficient (Wildman–Crippen LogP) is 2.69. The number of rotatable bonds is 28. The van der Waals surface area contributed by atoms with Crippen molar-refractivity contribution in [2.75, 3.05) is 86.9 Å². The summed E-state index contributed by atoms with van der Waals surface area (Å²) in [5.74, 6) is -0.493. The van der Waals surface area contributed by atoms with E-state index >= 15 is 0 Å². The minimum atomic E-state index is -0.801. The second kappa shape index (κ2) is 33.9. The van der Waals surface area contributed by atoms with E-state index < -0.39 is 24.5 Å². The molecule has 13 nitrogen and oxygen atoms in total. The molecule has 0 aliphatic heterocycles. The van der Waals surface area contributed by atoms with Crippen LogP contribution in [0.1, 0.15) is 85.0 Å². The van der Waals surface area contributed by atoms with Crippen molar-refractivity contribution in [1.82, 2.24) is 30.2 Å². The lowest BCUT2D eigenvalue weighted by atomic mass is 10.1. The van der Waals surface area contributed by atoms with Gasteiger partial charge in [0.2, 0.25) is 0 Å². The molecular formula is C34H70Cl2N6O7. The van der Waals surface area contributed by atoms with Crippen LogP contribution >= 0.6 is 23.2 Å². The number of hydrogen-bond acceptors (Lipinski definition) is 12. The van der Waals surface area contributed by atoms with Gasteiger partial charge >= 0.3 is 5.97 Å². The van der Waals surface area contributed by atoms with Crippen LogP contribution in [0.25, 0.3) is 0 Å². The molecule has 0 spiro atoms. The van der Waals surface area contributed by atoms with E-state index in [2.05, 4.69) is 27.5 Å². The Bertz CT molecular complexity index is 796. The van der Waals surface area contributed by atoms with Crippen molar-refractivity contribution in [3.63, 3.8) is 0 Å². The summed E-state index contributed by atoms with van der Waals surface area (Å²) in [5, 5.41) is 34.8. The van der Waals surface area contributed by atoms with Gasteiger partial charge in [0.25, 0.3) is 0 Å². The summed E-state index contributed by atoms with van der Waals surface area (Å²) in [6, 6.07) is -0.487. The van der Waals surface area contributed by atoms with Crippen molar-refractivity contribution in [2.45, 2.75) is 110 Å². The van der Waals surface area contributed by atoms with Crippen molar-refractivity contribution in [1.29, 1.82) is 0 Å². The third-order valence-electron chi connectivity index (χ3n) is 8.02. The molecule has 292 valence electrons. The first-order valence-electron chi connectivity index (χ1n) is 17.3. The maximum Gasteiger partial charge on any atom is 0.320 e. The summed E-state index contributed by atoms with van der Waals surface area (Å²) in [4.78, 5) is 52.0. The van der Waals surface area contributed by atoms with E-state index in [0.29, 0.717) is 25.8 Å². The Balaban J connectivity index is -0.000000798. The standard InChI is InChI=1S/C17H35N3O3.C16H33N3O4.CH2Cl2/c1-14(21)13-20(5)17(23)10-8-12-19(4)11-7-6-9-16(18-3)15(2)22;1-13(20)12-19(4)15(21)9-7-11-18(3)10-6-5-8-14(17-2)16(22)23;2-1-3/h16-18,23H,6-13H2,1-5H3;14-15,17,21H,5-12H2,1-4H3,(H,22,23);1H2. The Morgan fingerprint density at radius 3 is 1.20 bits per heavy atom. The molecule has 0 rings (SSSR count). The van der Waals surface area contributed by atoms with Gasteiger partial charge in [-0.05, 0) is 141 Å². The number of nitrogens with zero attached hydrogens (tertiary/aromatic N) is 4. The Morgan fingerprint density at radius 1 is 0.592 bits per heavy atom. The predicted molar refractivity (Wildman–Crippen MR) is 200 cm³/mol. The zero-order chi connectivity index (χ0) is 38.4. The molecule has 0 aliphatic carbocycles. The number of aliphatic carboxylic acids is 1. The number of aliphatic hydroxyl groups is 2. The zero-order valence-corrected chi connectivity index (χ0v) is 33.4. The number of Topliss-reactive ketones (excluding diaryl/α,β-unsaturated/α-hetero) is 3. The maximum atomic E-state index is 11.3. The van der Waals surface area contributed by atoms with Crippen molar-refractivity contribution in [3.8, 4) is 0 Å². The van der Waals surface area contributed by atoms with Gasteiger partial charge in [-0.3, -0.25) is 29.0 Å². The topological polar surface area (TPSA) is 166 Å². The minimum Gasteiger partial charge on any atom is -0.480 e. The average Bonchev–Trinajstić information content (AvgIpc) is 3.00. The van der Waals surface area contributed by atoms with Crippen LogP contribution in [-0.2, 0) is 19.2 Å². The Kier molecular flexibility index (Phi) is 36.0. The van der Waals surface area contributed by atoms with E-state index in [4.69, 9.17) is 28.3 Å². The summed E-state index contributed by atoms with van der Waals surface area (Å²) in [5.41, 5.74) is 0. The van der Waals surface area contributed by atoms with Gasteiger partial charge in [0.15, 0.2) is 0 Å². The van der Waals surface area contributed by atoms with Gasteiger partial charge in [0, 0.05) is 0 Å². The molecule has 0 aromatic rings. The molecule has 0 fully saturated rings. The molecule has 0 amide bonds. The summed E-state index contributed by atoms with van der Waals surface area (Å²) in [6.07, 6.45) is 7.34. The van der Waals surface area contributed by atoms with E-state index in [-0.39, 0.29) is 35.3 Å². The molecule has 0 aromatic heterocycles. The van der Waals surface area contributed by atoms with E-state index in [0.717, 1.165) is 71.1 Å². The molecule has 0 radical (unpaired) electrons. The molecule has 4 unspecified atom stereocenters.